The first-order chi connectivity index (χ1) is 11.9. The van der Waals surface area contributed by atoms with Gasteiger partial charge in [-0.1, -0.05) is 19.1 Å². The number of aliphatic hydroxyl groups excluding tert-OH is 1. The van der Waals surface area contributed by atoms with Crippen molar-refractivity contribution in [2.24, 2.45) is 11.8 Å². The molecule has 1 saturated carbocycles. The van der Waals surface area contributed by atoms with Gasteiger partial charge in [0.05, 0.1) is 12.1 Å². The molecule has 3 rings (SSSR count). The first kappa shape index (κ1) is 17.9. The first-order valence-electron chi connectivity index (χ1n) is 8.94. The Morgan fingerprint density at radius 2 is 2.00 bits per heavy atom. The summed E-state index contributed by atoms with van der Waals surface area (Å²) >= 11 is 0. The van der Waals surface area contributed by atoms with E-state index in [1.54, 1.807) is 6.07 Å². The fraction of sp³-hybridized carbons (Fsp3) is 0.579. The van der Waals surface area contributed by atoms with Crippen LogP contribution in [-0.2, 0) is 16.0 Å². The summed E-state index contributed by atoms with van der Waals surface area (Å²) in [4.78, 5) is 24.7. The number of aliphatic hydroxyl groups is 1. The average molecular weight is 348 g/mol. The zero-order valence-corrected chi connectivity index (χ0v) is 14.6. The van der Waals surface area contributed by atoms with E-state index in [0.717, 1.165) is 24.8 Å². The summed E-state index contributed by atoms with van der Waals surface area (Å²) in [5, 5.41) is 15.5. The average Bonchev–Trinajstić information content (AvgIpc) is 3.40. The molecule has 1 fully saturated rings. The smallest absolute Gasteiger partial charge is 0.245 e. The minimum absolute atomic E-state index is 0.0440. The largest absolute Gasteiger partial charge is 0.391 e. The van der Waals surface area contributed by atoms with E-state index >= 15 is 0 Å². The third-order valence-electron chi connectivity index (χ3n) is 5.22. The standard InChI is InChI=1S/C19H25FN2O3/c1-10-6-9-13-14(4-3-5-15(13)20)16(10)21-19(25)17(11(2)23)22-18(24)12-7-8-12/h3-5,10-12,16-17,23H,6-9H2,1-2H3,(H,21,25)(H,22,24). The molecular formula is C19H25FN2O3. The van der Waals surface area contributed by atoms with Crippen molar-refractivity contribution in [3.8, 4) is 0 Å². The van der Waals surface area contributed by atoms with Gasteiger partial charge in [-0.15, -0.1) is 0 Å². The summed E-state index contributed by atoms with van der Waals surface area (Å²) < 4.78 is 14.1. The van der Waals surface area contributed by atoms with Gasteiger partial charge >= 0.3 is 0 Å². The van der Waals surface area contributed by atoms with Crippen LogP contribution in [0, 0.1) is 17.7 Å². The van der Waals surface area contributed by atoms with Crippen molar-refractivity contribution in [3.63, 3.8) is 0 Å². The van der Waals surface area contributed by atoms with Crippen molar-refractivity contribution in [1.29, 1.82) is 0 Å². The number of halogens is 1. The van der Waals surface area contributed by atoms with Crippen LogP contribution in [0.5, 0.6) is 0 Å². The number of hydrogen-bond donors (Lipinski definition) is 3. The van der Waals surface area contributed by atoms with E-state index in [4.69, 9.17) is 0 Å². The maximum absolute atomic E-state index is 14.1. The molecule has 4 atom stereocenters. The van der Waals surface area contributed by atoms with Crippen LogP contribution in [0.25, 0.3) is 0 Å². The molecule has 2 aliphatic carbocycles. The molecule has 5 nitrogen and oxygen atoms in total. The fourth-order valence-corrected chi connectivity index (χ4v) is 3.46. The predicted molar refractivity (Wildman–Crippen MR) is 91.1 cm³/mol. The SMILES string of the molecule is CC(O)C(NC(=O)C1CC1)C(=O)NC1c2cccc(F)c2CCC1C. The monoisotopic (exact) mass is 348 g/mol. The Labute approximate surface area is 147 Å². The van der Waals surface area contributed by atoms with Crippen LogP contribution in [0.4, 0.5) is 4.39 Å². The van der Waals surface area contributed by atoms with Crippen molar-refractivity contribution in [2.75, 3.05) is 0 Å². The fourth-order valence-electron chi connectivity index (χ4n) is 3.46. The second kappa shape index (κ2) is 7.12. The van der Waals surface area contributed by atoms with E-state index in [9.17, 15) is 19.1 Å². The third kappa shape index (κ3) is 3.84. The minimum Gasteiger partial charge on any atom is -0.391 e. The number of hydrogen-bond acceptors (Lipinski definition) is 3. The summed E-state index contributed by atoms with van der Waals surface area (Å²) in [6, 6.07) is 3.58. The van der Waals surface area contributed by atoms with E-state index < -0.39 is 18.1 Å². The van der Waals surface area contributed by atoms with Crippen molar-refractivity contribution in [2.45, 2.75) is 57.7 Å². The van der Waals surface area contributed by atoms with Crippen molar-refractivity contribution in [3.05, 3.63) is 35.1 Å². The molecule has 0 saturated heterocycles. The van der Waals surface area contributed by atoms with Gasteiger partial charge in [-0.25, -0.2) is 4.39 Å². The van der Waals surface area contributed by atoms with E-state index in [1.807, 2.05) is 13.0 Å². The molecule has 3 N–H and O–H groups in total. The van der Waals surface area contributed by atoms with E-state index in [2.05, 4.69) is 10.6 Å². The second-order valence-electron chi connectivity index (χ2n) is 7.31. The molecule has 0 heterocycles. The van der Waals surface area contributed by atoms with Crippen LogP contribution in [0.15, 0.2) is 18.2 Å². The topological polar surface area (TPSA) is 78.4 Å². The summed E-state index contributed by atoms with van der Waals surface area (Å²) in [5.74, 6) is -0.774. The lowest BCUT2D eigenvalue weighted by Gasteiger charge is -2.33. The van der Waals surface area contributed by atoms with Crippen molar-refractivity contribution < 1.29 is 19.1 Å². The Balaban J connectivity index is 1.76. The predicted octanol–water partition coefficient (Wildman–Crippen LogP) is 1.84. The Kier molecular flexibility index (Phi) is 5.08. The van der Waals surface area contributed by atoms with Crippen LogP contribution < -0.4 is 10.6 Å². The number of carbonyl (C=O) groups is 2. The quantitative estimate of drug-likeness (QED) is 0.760. The molecule has 0 aliphatic heterocycles. The number of rotatable bonds is 5. The highest BCUT2D eigenvalue weighted by Crippen LogP contribution is 2.35. The molecule has 0 bridgehead atoms. The zero-order valence-electron chi connectivity index (χ0n) is 14.6. The lowest BCUT2D eigenvalue weighted by molar-refractivity contribution is -0.132. The highest BCUT2D eigenvalue weighted by atomic mass is 19.1. The lowest BCUT2D eigenvalue weighted by Crippen LogP contribution is -2.54. The normalized spacial score (nSPS) is 24.8. The maximum atomic E-state index is 14.1. The van der Waals surface area contributed by atoms with Crippen LogP contribution in [0.1, 0.15) is 50.3 Å². The Bertz CT molecular complexity index is 673. The molecular weight excluding hydrogens is 323 g/mol. The van der Waals surface area contributed by atoms with Gasteiger partial charge in [-0.05, 0) is 55.7 Å². The molecule has 0 spiro atoms. The van der Waals surface area contributed by atoms with Gasteiger partial charge < -0.3 is 15.7 Å². The molecule has 6 heteroatoms. The van der Waals surface area contributed by atoms with Gasteiger partial charge in [0.2, 0.25) is 11.8 Å². The van der Waals surface area contributed by atoms with Gasteiger partial charge in [-0.2, -0.15) is 0 Å². The summed E-state index contributed by atoms with van der Waals surface area (Å²) in [5.41, 5.74) is 1.42. The van der Waals surface area contributed by atoms with Crippen LogP contribution in [-0.4, -0.2) is 29.1 Å². The molecule has 1 aromatic carbocycles. The molecule has 4 unspecified atom stereocenters. The van der Waals surface area contributed by atoms with E-state index in [1.165, 1.54) is 13.0 Å². The maximum Gasteiger partial charge on any atom is 0.245 e. The molecule has 0 radical (unpaired) electrons. The van der Waals surface area contributed by atoms with Crippen LogP contribution in [0.2, 0.25) is 0 Å². The summed E-state index contributed by atoms with van der Waals surface area (Å²) in [7, 11) is 0. The molecule has 136 valence electrons. The van der Waals surface area contributed by atoms with Crippen molar-refractivity contribution >= 4 is 11.8 Å². The third-order valence-corrected chi connectivity index (χ3v) is 5.22. The van der Waals surface area contributed by atoms with Crippen LogP contribution >= 0.6 is 0 Å². The van der Waals surface area contributed by atoms with E-state index in [0.29, 0.717) is 12.0 Å². The molecule has 25 heavy (non-hydrogen) atoms. The van der Waals surface area contributed by atoms with Gasteiger partial charge in [-0.3, -0.25) is 9.59 Å². The first-order valence-corrected chi connectivity index (χ1v) is 8.94. The summed E-state index contributed by atoms with van der Waals surface area (Å²) in [6.45, 7) is 3.49. The highest BCUT2D eigenvalue weighted by molar-refractivity contribution is 5.90. The van der Waals surface area contributed by atoms with Crippen molar-refractivity contribution in [1.82, 2.24) is 10.6 Å². The zero-order chi connectivity index (χ0) is 18.1. The molecule has 2 aliphatic rings. The van der Waals surface area contributed by atoms with Gasteiger partial charge in [0.25, 0.3) is 0 Å². The van der Waals surface area contributed by atoms with Gasteiger partial charge in [0.15, 0.2) is 0 Å². The molecule has 1 aromatic rings. The number of amides is 2. The Hall–Kier alpha value is -1.95. The Morgan fingerprint density at radius 1 is 1.28 bits per heavy atom. The Morgan fingerprint density at radius 3 is 2.64 bits per heavy atom. The lowest BCUT2D eigenvalue weighted by atomic mass is 9.80. The van der Waals surface area contributed by atoms with Gasteiger partial charge in [0, 0.05) is 5.92 Å². The number of benzene rings is 1. The van der Waals surface area contributed by atoms with Crippen LogP contribution in [0.3, 0.4) is 0 Å². The number of nitrogens with one attached hydrogen (secondary N) is 2. The number of fused-ring (bicyclic) bond motifs is 1. The molecule has 2 amide bonds. The van der Waals surface area contributed by atoms with E-state index in [-0.39, 0.29) is 29.6 Å². The second-order valence-corrected chi connectivity index (χ2v) is 7.31. The molecule has 0 aromatic heterocycles. The highest BCUT2D eigenvalue weighted by Gasteiger charge is 2.36. The van der Waals surface area contributed by atoms with Gasteiger partial charge in [0.1, 0.15) is 11.9 Å². The minimum atomic E-state index is -1.01. The number of carbonyl (C=O) groups excluding carboxylic acids is 2. The summed E-state index contributed by atoms with van der Waals surface area (Å²) in [6.07, 6.45) is 2.06.